The first kappa shape index (κ1) is 15.3. The molecule has 2 atom stereocenters. The van der Waals surface area contributed by atoms with Gasteiger partial charge in [0.25, 0.3) is 0 Å². The fourth-order valence-corrected chi connectivity index (χ4v) is 2.68. The largest absolute Gasteiger partial charge is 0.351 e. The lowest BCUT2D eigenvalue weighted by Crippen LogP contribution is -2.37. The summed E-state index contributed by atoms with van der Waals surface area (Å²) in [5.74, 6) is -0.157. The summed E-state index contributed by atoms with van der Waals surface area (Å²) >= 11 is 0. The number of benzene rings is 1. The van der Waals surface area contributed by atoms with E-state index in [9.17, 15) is 9.59 Å². The second-order valence-corrected chi connectivity index (χ2v) is 5.46. The second-order valence-electron chi connectivity index (χ2n) is 5.46. The van der Waals surface area contributed by atoms with Crippen molar-refractivity contribution in [3.05, 3.63) is 24.3 Å². The van der Waals surface area contributed by atoms with Crippen molar-refractivity contribution in [2.24, 2.45) is 17.4 Å². The van der Waals surface area contributed by atoms with Crippen LogP contribution in [0.4, 0.5) is 16.2 Å². The molecular weight excluding hydrogens is 268 g/mol. The van der Waals surface area contributed by atoms with Gasteiger partial charge in [-0.25, -0.2) is 4.79 Å². The smallest absolute Gasteiger partial charge is 0.316 e. The number of anilines is 2. The van der Waals surface area contributed by atoms with Crippen LogP contribution in [0.2, 0.25) is 0 Å². The zero-order chi connectivity index (χ0) is 15.2. The molecule has 21 heavy (non-hydrogen) atoms. The summed E-state index contributed by atoms with van der Waals surface area (Å²) in [4.78, 5) is 23.0. The van der Waals surface area contributed by atoms with E-state index >= 15 is 0 Å². The van der Waals surface area contributed by atoms with Crippen LogP contribution in [0, 0.1) is 5.92 Å². The number of nitrogens with two attached hydrogens (primary N) is 2. The molecule has 1 aliphatic carbocycles. The molecule has 2 unspecified atom stereocenters. The molecule has 0 bridgehead atoms. The minimum absolute atomic E-state index is 0.0278. The predicted octanol–water partition coefficient (Wildman–Crippen LogP) is 2.02. The van der Waals surface area contributed by atoms with E-state index in [-0.39, 0.29) is 17.9 Å². The van der Waals surface area contributed by atoms with Crippen molar-refractivity contribution in [3.63, 3.8) is 0 Å². The Morgan fingerprint density at radius 2 is 1.52 bits per heavy atom. The summed E-state index contributed by atoms with van der Waals surface area (Å²) < 4.78 is 0. The van der Waals surface area contributed by atoms with Gasteiger partial charge in [-0.3, -0.25) is 4.79 Å². The lowest BCUT2D eigenvalue weighted by molar-refractivity contribution is -0.120. The highest BCUT2D eigenvalue weighted by Gasteiger charge is 2.26. The minimum Gasteiger partial charge on any atom is -0.351 e. The van der Waals surface area contributed by atoms with Gasteiger partial charge in [0, 0.05) is 17.4 Å². The molecule has 0 saturated heterocycles. The lowest BCUT2D eigenvalue weighted by atomic mass is 9.94. The Morgan fingerprint density at radius 1 is 0.952 bits per heavy atom. The van der Waals surface area contributed by atoms with Crippen LogP contribution in [0.25, 0.3) is 0 Å². The average Bonchev–Trinajstić information content (AvgIpc) is 2.65. The standard InChI is InChI=1S/C15H22N4O2/c16-13-5-3-1-2-4-12(13)14(20)18-10-6-8-11(9-7-10)19-15(17)21/h6-9,12-13H,1-5,16H2,(H,18,20)(H3,17,19,21). The van der Waals surface area contributed by atoms with E-state index in [1.165, 1.54) is 0 Å². The van der Waals surface area contributed by atoms with Gasteiger partial charge >= 0.3 is 6.03 Å². The molecule has 1 aliphatic rings. The van der Waals surface area contributed by atoms with Gasteiger partial charge in [0.05, 0.1) is 5.92 Å². The van der Waals surface area contributed by atoms with Gasteiger partial charge in [-0.15, -0.1) is 0 Å². The quantitative estimate of drug-likeness (QED) is 0.639. The number of carbonyl (C=O) groups excluding carboxylic acids is 2. The van der Waals surface area contributed by atoms with Gasteiger partial charge < -0.3 is 22.1 Å². The molecule has 1 aromatic rings. The molecule has 6 nitrogen and oxygen atoms in total. The molecular formula is C15H22N4O2. The molecule has 0 aliphatic heterocycles. The second kappa shape index (κ2) is 7.08. The van der Waals surface area contributed by atoms with Gasteiger partial charge in [0.15, 0.2) is 0 Å². The molecule has 0 spiro atoms. The molecule has 2 rings (SSSR count). The molecule has 0 radical (unpaired) electrons. The van der Waals surface area contributed by atoms with E-state index < -0.39 is 6.03 Å². The van der Waals surface area contributed by atoms with Crippen LogP contribution in [0.3, 0.4) is 0 Å². The zero-order valence-corrected chi connectivity index (χ0v) is 12.0. The third-order valence-corrected chi connectivity index (χ3v) is 3.83. The van der Waals surface area contributed by atoms with E-state index in [0.717, 1.165) is 32.1 Å². The van der Waals surface area contributed by atoms with Gasteiger partial charge in [-0.1, -0.05) is 19.3 Å². The van der Waals surface area contributed by atoms with Crippen LogP contribution in [0.15, 0.2) is 24.3 Å². The summed E-state index contributed by atoms with van der Waals surface area (Å²) in [6.45, 7) is 0. The third kappa shape index (κ3) is 4.46. The van der Waals surface area contributed by atoms with Crippen LogP contribution in [-0.4, -0.2) is 18.0 Å². The maximum Gasteiger partial charge on any atom is 0.316 e. The number of rotatable bonds is 3. The number of nitrogens with one attached hydrogen (secondary N) is 2. The highest BCUT2D eigenvalue weighted by Crippen LogP contribution is 2.24. The number of carbonyl (C=O) groups is 2. The average molecular weight is 290 g/mol. The van der Waals surface area contributed by atoms with Crippen LogP contribution in [0.1, 0.15) is 32.1 Å². The number of primary amides is 1. The Balaban J connectivity index is 1.96. The van der Waals surface area contributed by atoms with Crippen LogP contribution in [0.5, 0.6) is 0 Å². The summed E-state index contributed by atoms with van der Waals surface area (Å²) in [5, 5.41) is 5.36. The van der Waals surface area contributed by atoms with E-state index in [1.807, 2.05) is 0 Å². The maximum atomic E-state index is 12.3. The summed E-state index contributed by atoms with van der Waals surface area (Å²) in [7, 11) is 0. The molecule has 114 valence electrons. The highest BCUT2D eigenvalue weighted by atomic mass is 16.2. The van der Waals surface area contributed by atoms with E-state index in [0.29, 0.717) is 11.4 Å². The zero-order valence-electron chi connectivity index (χ0n) is 12.0. The summed E-state index contributed by atoms with van der Waals surface area (Å²) in [6, 6.07) is 6.15. The predicted molar refractivity (Wildman–Crippen MR) is 82.8 cm³/mol. The first-order chi connectivity index (χ1) is 10.1. The minimum atomic E-state index is -0.615. The van der Waals surface area contributed by atoms with Crippen LogP contribution < -0.4 is 22.1 Å². The Hall–Kier alpha value is -2.08. The Labute approximate surface area is 124 Å². The molecule has 1 saturated carbocycles. The van der Waals surface area contributed by atoms with E-state index in [1.54, 1.807) is 24.3 Å². The highest BCUT2D eigenvalue weighted by molar-refractivity contribution is 5.93. The molecule has 6 heteroatoms. The topological polar surface area (TPSA) is 110 Å². The monoisotopic (exact) mass is 290 g/mol. The Kier molecular flexibility index (Phi) is 5.16. The summed E-state index contributed by atoms with van der Waals surface area (Å²) in [6.07, 6.45) is 5.03. The van der Waals surface area contributed by atoms with Crippen molar-refractivity contribution in [3.8, 4) is 0 Å². The molecule has 0 aromatic heterocycles. The number of hydrogen-bond donors (Lipinski definition) is 4. The molecule has 3 amide bonds. The van der Waals surface area contributed by atoms with E-state index in [2.05, 4.69) is 10.6 Å². The molecule has 1 fully saturated rings. The molecule has 1 aromatic carbocycles. The van der Waals surface area contributed by atoms with E-state index in [4.69, 9.17) is 11.5 Å². The van der Waals surface area contributed by atoms with Gasteiger partial charge in [0.1, 0.15) is 0 Å². The lowest BCUT2D eigenvalue weighted by Gasteiger charge is -2.20. The number of urea groups is 1. The number of hydrogen-bond acceptors (Lipinski definition) is 3. The summed E-state index contributed by atoms with van der Waals surface area (Å²) in [5.41, 5.74) is 12.4. The van der Waals surface area contributed by atoms with Crippen molar-refractivity contribution in [2.45, 2.75) is 38.1 Å². The SMILES string of the molecule is NC(=O)Nc1ccc(NC(=O)C2CCCCCC2N)cc1. The van der Waals surface area contributed by atoms with Crippen molar-refractivity contribution >= 4 is 23.3 Å². The molecule has 6 N–H and O–H groups in total. The normalized spacial score (nSPS) is 22.1. The van der Waals surface area contributed by atoms with Crippen LogP contribution in [-0.2, 0) is 4.79 Å². The fraction of sp³-hybridized carbons (Fsp3) is 0.467. The van der Waals surface area contributed by atoms with Crippen molar-refractivity contribution in [1.29, 1.82) is 0 Å². The Bertz CT molecular complexity index is 501. The molecule has 0 heterocycles. The number of amides is 3. The maximum absolute atomic E-state index is 12.3. The van der Waals surface area contributed by atoms with Crippen molar-refractivity contribution in [1.82, 2.24) is 0 Å². The van der Waals surface area contributed by atoms with Crippen molar-refractivity contribution in [2.75, 3.05) is 10.6 Å². The van der Waals surface area contributed by atoms with Gasteiger partial charge in [-0.2, -0.15) is 0 Å². The third-order valence-electron chi connectivity index (χ3n) is 3.83. The first-order valence-electron chi connectivity index (χ1n) is 7.29. The first-order valence-corrected chi connectivity index (χ1v) is 7.29. The fourth-order valence-electron chi connectivity index (χ4n) is 2.68. The van der Waals surface area contributed by atoms with Crippen LogP contribution >= 0.6 is 0 Å². The van der Waals surface area contributed by atoms with Crippen molar-refractivity contribution < 1.29 is 9.59 Å². The Morgan fingerprint density at radius 3 is 2.14 bits per heavy atom. The van der Waals surface area contributed by atoms with Gasteiger partial charge in [-0.05, 0) is 37.1 Å². The van der Waals surface area contributed by atoms with Gasteiger partial charge in [0.2, 0.25) is 5.91 Å².